The number of nitrogens with zero attached hydrogens (tertiary/aromatic N) is 3. The zero-order valence-electron chi connectivity index (χ0n) is 18.8. The highest BCUT2D eigenvalue weighted by Gasteiger charge is 2.27. The number of ether oxygens (including phenoxy) is 1. The summed E-state index contributed by atoms with van der Waals surface area (Å²) in [5, 5.41) is 21.0. The summed E-state index contributed by atoms with van der Waals surface area (Å²) in [4.78, 5) is 36.6. The van der Waals surface area contributed by atoms with E-state index in [1.807, 2.05) is 0 Å². The van der Waals surface area contributed by atoms with E-state index in [2.05, 4.69) is 15.7 Å². The second kappa shape index (κ2) is 10.5. The van der Waals surface area contributed by atoms with Gasteiger partial charge in [0.25, 0.3) is 5.91 Å². The van der Waals surface area contributed by atoms with E-state index in [0.717, 1.165) is 10.6 Å². The Morgan fingerprint density at radius 2 is 1.66 bits per heavy atom. The van der Waals surface area contributed by atoms with Crippen LogP contribution in [0.3, 0.4) is 0 Å². The molecule has 2 aromatic carbocycles. The Bertz CT molecular complexity index is 979. The molecular formula is C23H28N4O5. The topological polar surface area (TPSA) is 121 Å². The normalized spacial score (nSPS) is 12.3. The summed E-state index contributed by atoms with van der Waals surface area (Å²) < 4.78 is 5.27. The number of alkyl carbamates (subject to hydrolysis) is 1. The number of carbonyl (C=O) groups excluding carboxylic acids is 3. The molecule has 2 N–H and O–H groups in total. The first-order chi connectivity index (χ1) is 14.9. The van der Waals surface area contributed by atoms with Gasteiger partial charge in [0, 0.05) is 19.0 Å². The van der Waals surface area contributed by atoms with Gasteiger partial charge in [0.05, 0.1) is 5.69 Å². The molecule has 0 spiro atoms. The Labute approximate surface area is 187 Å². The molecule has 0 aliphatic heterocycles. The molecule has 2 rings (SSSR count). The molecule has 0 bridgehead atoms. The van der Waals surface area contributed by atoms with Crippen LogP contribution in [-0.4, -0.2) is 46.6 Å². The minimum absolute atomic E-state index is 0.0638. The number of aromatic hydroxyl groups is 1. The quantitative estimate of drug-likeness (QED) is 0.380. The van der Waals surface area contributed by atoms with Crippen molar-refractivity contribution < 1.29 is 24.2 Å². The third kappa shape index (κ3) is 7.82. The van der Waals surface area contributed by atoms with Crippen LogP contribution in [0.15, 0.2) is 58.9 Å². The molecule has 0 saturated heterocycles. The first-order valence-electron chi connectivity index (χ1n) is 10.0. The van der Waals surface area contributed by atoms with Crippen LogP contribution in [0.5, 0.6) is 5.75 Å². The maximum atomic E-state index is 13.0. The molecule has 0 fully saturated rings. The molecule has 2 amide bonds. The summed E-state index contributed by atoms with van der Waals surface area (Å²) in [6.45, 7) is 6.64. The van der Waals surface area contributed by atoms with E-state index in [1.165, 1.54) is 26.1 Å². The second-order valence-corrected chi connectivity index (χ2v) is 8.22. The first kappa shape index (κ1) is 24.5. The van der Waals surface area contributed by atoms with Gasteiger partial charge in [-0.25, -0.2) is 9.80 Å². The number of phenols is 1. The lowest BCUT2D eigenvalue weighted by Gasteiger charge is -2.24. The minimum Gasteiger partial charge on any atom is -0.508 e. The van der Waals surface area contributed by atoms with Gasteiger partial charge in [0.15, 0.2) is 5.78 Å². The average molecular weight is 441 g/mol. The largest absolute Gasteiger partial charge is 0.508 e. The number of likely N-dealkylation sites (N-methyl/N-ethyl adjacent to an activating group) is 1. The smallest absolute Gasteiger partial charge is 0.408 e. The molecule has 32 heavy (non-hydrogen) atoms. The molecule has 0 heterocycles. The van der Waals surface area contributed by atoms with E-state index in [4.69, 9.17) is 4.74 Å². The Kier molecular flexibility index (Phi) is 8.06. The third-order valence-corrected chi connectivity index (χ3v) is 4.25. The van der Waals surface area contributed by atoms with Crippen LogP contribution in [0.4, 0.5) is 10.5 Å². The highest BCUT2D eigenvalue weighted by atomic mass is 16.6. The molecule has 0 aromatic heterocycles. The number of carbonyl (C=O) groups is 3. The van der Waals surface area contributed by atoms with Crippen LogP contribution in [0.2, 0.25) is 0 Å². The number of hydrogen-bond acceptors (Lipinski definition) is 7. The molecule has 0 saturated carbocycles. The van der Waals surface area contributed by atoms with E-state index in [1.54, 1.807) is 57.2 Å². The standard InChI is InChI=1S/C23H28N4O5/c1-15(28)17-8-10-18(11-9-17)25-26-27(5)21(30)20(24-22(31)32-23(2,3)4)14-16-6-12-19(29)13-7-16/h6-13,20,29H,14H2,1-5H3,(H,24,31)/t20-/m0/s1. The summed E-state index contributed by atoms with van der Waals surface area (Å²) >= 11 is 0. The molecule has 0 unspecified atom stereocenters. The molecule has 2 aromatic rings. The predicted molar refractivity (Wildman–Crippen MR) is 119 cm³/mol. The van der Waals surface area contributed by atoms with Crippen LogP contribution >= 0.6 is 0 Å². The summed E-state index contributed by atoms with van der Waals surface area (Å²) in [6.07, 6.45) is -0.578. The Balaban J connectivity index is 2.16. The van der Waals surface area contributed by atoms with Crippen molar-refractivity contribution in [1.29, 1.82) is 0 Å². The van der Waals surface area contributed by atoms with Gasteiger partial charge in [0.1, 0.15) is 17.4 Å². The molecule has 170 valence electrons. The van der Waals surface area contributed by atoms with Crippen molar-refractivity contribution in [3.8, 4) is 5.75 Å². The lowest BCUT2D eigenvalue weighted by atomic mass is 10.1. The number of benzene rings is 2. The summed E-state index contributed by atoms with van der Waals surface area (Å²) in [7, 11) is 1.43. The maximum Gasteiger partial charge on any atom is 0.408 e. The lowest BCUT2D eigenvalue weighted by molar-refractivity contribution is -0.132. The molecule has 1 atom stereocenters. The van der Waals surface area contributed by atoms with Gasteiger partial charge in [0.2, 0.25) is 0 Å². The summed E-state index contributed by atoms with van der Waals surface area (Å²) in [6, 6.07) is 11.8. The SMILES string of the molecule is CC(=O)c1ccc(N=NN(C)C(=O)[C@H](Cc2ccc(O)cc2)NC(=O)OC(C)(C)C)cc1. The van der Waals surface area contributed by atoms with Crippen molar-refractivity contribution >= 4 is 23.5 Å². The molecular weight excluding hydrogens is 412 g/mol. The van der Waals surface area contributed by atoms with Crippen LogP contribution in [0.1, 0.15) is 43.6 Å². The van der Waals surface area contributed by atoms with Gasteiger partial charge in [-0.2, -0.15) is 0 Å². The van der Waals surface area contributed by atoms with Gasteiger partial charge in [-0.05, 0) is 69.7 Å². The summed E-state index contributed by atoms with van der Waals surface area (Å²) in [5.74, 6) is -0.474. The van der Waals surface area contributed by atoms with Gasteiger partial charge < -0.3 is 15.2 Å². The lowest BCUT2D eigenvalue weighted by Crippen LogP contribution is -2.48. The summed E-state index contributed by atoms with van der Waals surface area (Å²) in [5.41, 5.74) is 1.00. The van der Waals surface area contributed by atoms with Gasteiger partial charge in [-0.15, -0.1) is 5.11 Å². The van der Waals surface area contributed by atoms with Gasteiger partial charge in [-0.1, -0.05) is 17.4 Å². The number of phenolic OH excluding ortho intramolecular Hbond substituents is 1. The van der Waals surface area contributed by atoms with Crippen LogP contribution in [0.25, 0.3) is 0 Å². The van der Waals surface area contributed by atoms with Crippen molar-refractivity contribution in [3.63, 3.8) is 0 Å². The van der Waals surface area contributed by atoms with Gasteiger partial charge in [-0.3, -0.25) is 9.59 Å². The number of ketones is 1. The Morgan fingerprint density at radius 3 is 2.19 bits per heavy atom. The van der Waals surface area contributed by atoms with E-state index >= 15 is 0 Å². The minimum atomic E-state index is -0.974. The van der Waals surface area contributed by atoms with Crippen LogP contribution in [0, 0.1) is 0 Å². The van der Waals surface area contributed by atoms with Crippen LogP contribution in [-0.2, 0) is 16.0 Å². The van der Waals surface area contributed by atoms with E-state index in [9.17, 15) is 19.5 Å². The fourth-order valence-corrected chi connectivity index (χ4v) is 2.67. The molecule has 0 aliphatic carbocycles. The number of nitrogens with one attached hydrogen (secondary N) is 1. The Hall–Kier alpha value is -3.75. The monoisotopic (exact) mass is 440 g/mol. The average Bonchev–Trinajstić information content (AvgIpc) is 2.71. The predicted octanol–water partition coefficient (Wildman–Crippen LogP) is 4.19. The number of amides is 2. The zero-order valence-corrected chi connectivity index (χ0v) is 18.8. The maximum absolute atomic E-state index is 13.0. The Morgan fingerprint density at radius 1 is 1.06 bits per heavy atom. The van der Waals surface area contributed by atoms with Crippen molar-refractivity contribution in [2.75, 3.05) is 7.05 Å². The molecule has 9 heteroatoms. The molecule has 9 nitrogen and oxygen atoms in total. The van der Waals surface area contributed by atoms with Gasteiger partial charge >= 0.3 is 6.09 Å². The van der Waals surface area contributed by atoms with Crippen molar-refractivity contribution in [1.82, 2.24) is 10.3 Å². The fraction of sp³-hybridized carbons (Fsp3) is 0.348. The number of Topliss-reactive ketones (excluding diaryl/α,β-unsaturated/α-hetero) is 1. The van der Waals surface area contributed by atoms with E-state index in [-0.39, 0.29) is 18.0 Å². The fourth-order valence-electron chi connectivity index (χ4n) is 2.67. The number of rotatable bonds is 7. The molecule has 0 radical (unpaired) electrons. The first-order valence-corrected chi connectivity index (χ1v) is 10.0. The van der Waals surface area contributed by atoms with Crippen molar-refractivity contribution in [2.45, 2.75) is 45.8 Å². The van der Waals surface area contributed by atoms with Crippen LogP contribution < -0.4 is 5.32 Å². The molecule has 0 aliphatic rings. The second-order valence-electron chi connectivity index (χ2n) is 8.22. The van der Waals surface area contributed by atoms with Crippen molar-refractivity contribution in [3.05, 3.63) is 59.7 Å². The third-order valence-electron chi connectivity index (χ3n) is 4.25. The highest BCUT2D eigenvalue weighted by Crippen LogP contribution is 2.16. The van der Waals surface area contributed by atoms with E-state index < -0.39 is 23.6 Å². The highest BCUT2D eigenvalue weighted by molar-refractivity contribution is 5.94. The van der Waals surface area contributed by atoms with Crippen molar-refractivity contribution in [2.24, 2.45) is 10.3 Å². The zero-order chi connectivity index (χ0) is 23.9. The number of hydrogen-bond donors (Lipinski definition) is 2. The van der Waals surface area contributed by atoms with E-state index in [0.29, 0.717) is 11.3 Å².